The highest BCUT2D eigenvalue weighted by Gasteiger charge is 2.69. The second kappa shape index (κ2) is 10.8. The zero-order chi connectivity index (χ0) is 33.3. The van der Waals surface area contributed by atoms with Crippen LogP contribution in [0.3, 0.4) is 0 Å². The maximum atomic E-state index is 15.2. The van der Waals surface area contributed by atoms with Crippen molar-refractivity contribution in [2.75, 3.05) is 5.43 Å². The van der Waals surface area contributed by atoms with Crippen LogP contribution in [0.4, 0.5) is 10.1 Å². The Bertz CT molecular complexity index is 2260. The summed E-state index contributed by atoms with van der Waals surface area (Å²) in [6.07, 6.45) is 1.76. The number of hydrazine groups is 1. The molecule has 0 bridgehead atoms. The second-order valence-electron chi connectivity index (χ2n) is 12.5. The van der Waals surface area contributed by atoms with E-state index in [9.17, 15) is 19.5 Å². The molecule has 8 rings (SSSR count). The van der Waals surface area contributed by atoms with Gasteiger partial charge in [-0.3, -0.25) is 15.0 Å². The number of aryl methyl sites for hydroxylation is 1. The van der Waals surface area contributed by atoms with E-state index in [2.05, 4.69) is 5.43 Å². The molecule has 2 amide bonds. The lowest BCUT2D eigenvalue weighted by molar-refractivity contribution is -0.138. The van der Waals surface area contributed by atoms with Gasteiger partial charge >= 0.3 is 11.4 Å². The van der Waals surface area contributed by atoms with Gasteiger partial charge in [0.15, 0.2) is 11.6 Å². The number of anilines is 1. The molecule has 11 heteroatoms. The lowest BCUT2D eigenvalue weighted by atomic mass is 9.53. The minimum atomic E-state index is -1.64. The van der Waals surface area contributed by atoms with Gasteiger partial charge in [0.25, 0.3) is 11.8 Å². The number of phenols is 1. The summed E-state index contributed by atoms with van der Waals surface area (Å²) in [6, 6.07) is 27.9. The number of phenolic OH excluding ortho intramolecular Hbond substituents is 1. The quantitative estimate of drug-likeness (QED) is 0.214. The fourth-order valence-electron chi connectivity index (χ4n) is 7.92. The second-order valence-corrected chi connectivity index (χ2v) is 12.5. The molecule has 3 aliphatic rings. The van der Waals surface area contributed by atoms with Gasteiger partial charge in [-0.05, 0) is 54.8 Å². The van der Waals surface area contributed by atoms with Gasteiger partial charge in [0, 0.05) is 11.5 Å². The molecule has 1 saturated carbocycles. The van der Waals surface area contributed by atoms with Gasteiger partial charge in [-0.2, -0.15) is 5.01 Å². The van der Waals surface area contributed by atoms with Crippen LogP contribution in [0.25, 0.3) is 5.69 Å². The average molecular weight is 644 g/mol. The predicted octanol–water partition coefficient (Wildman–Crippen LogP) is 4.57. The van der Waals surface area contributed by atoms with Crippen molar-refractivity contribution < 1.29 is 19.1 Å². The van der Waals surface area contributed by atoms with Crippen LogP contribution in [0.1, 0.15) is 35.1 Å². The molecule has 48 heavy (non-hydrogen) atoms. The zero-order valence-corrected chi connectivity index (χ0v) is 25.8. The summed E-state index contributed by atoms with van der Waals surface area (Å²) < 4.78 is 18.9. The number of aromatic nitrogens is 3. The number of aromatic hydroxyl groups is 1. The molecule has 10 nitrogen and oxygen atoms in total. The standard InChI is InChI=1S/C37H30FN5O5/c1-22-15-17-24(18-16-22)39-42-33(45)28-21-30-26(19-20-40-35(47)41(36(48)43(30)40)25-11-6-3-7-12-25)31(27-13-8-14-29(38)32(27)44)37(28,34(42)46)23-9-4-2-5-10-23/h2-19,28,30-31,39,44H,20-21H2,1H3. The molecule has 0 radical (unpaired) electrons. The third kappa shape index (κ3) is 4.03. The number of allylic oxidation sites excluding steroid dienone is 2. The monoisotopic (exact) mass is 643 g/mol. The molecule has 2 aliphatic heterocycles. The number of rotatable bonds is 5. The summed E-state index contributed by atoms with van der Waals surface area (Å²) >= 11 is 0. The van der Waals surface area contributed by atoms with Crippen molar-refractivity contribution in [3.05, 3.63) is 158 Å². The number of hydrogen-bond donors (Lipinski definition) is 2. The van der Waals surface area contributed by atoms with Crippen LogP contribution in [0, 0.1) is 18.7 Å². The minimum absolute atomic E-state index is 0.0118. The minimum Gasteiger partial charge on any atom is -0.505 e. The van der Waals surface area contributed by atoms with Gasteiger partial charge < -0.3 is 5.11 Å². The summed E-state index contributed by atoms with van der Waals surface area (Å²) in [5, 5.41) is 12.3. The summed E-state index contributed by atoms with van der Waals surface area (Å²) in [7, 11) is 0. The smallest absolute Gasteiger partial charge is 0.352 e. The van der Waals surface area contributed by atoms with E-state index in [0.29, 0.717) is 22.5 Å². The maximum Gasteiger partial charge on any atom is 0.352 e. The third-order valence-corrected chi connectivity index (χ3v) is 10.00. The van der Waals surface area contributed by atoms with Crippen molar-refractivity contribution in [3.8, 4) is 11.4 Å². The Morgan fingerprint density at radius 3 is 2.23 bits per heavy atom. The van der Waals surface area contributed by atoms with Gasteiger partial charge in [0.2, 0.25) is 0 Å². The lowest BCUT2D eigenvalue weighted by Crippen LogP contribution is -2.53. The third-order valence-electron chi connectivity index (χ3n) is 10.00. The molecule has 4 unspecified atom stereocenters. The number of carbonyl (C=O) groups excluding carboxylic acids is 2. The molecule has 3 heterocycles. The molecular weight excluding hydrogens is 613 g/mol. The van der Waals surface area contributed by atoms with E-state index >= 15 is 9.18 Å². The van der Waals surface area contributed by atoms with Gasteiger partial charge in [0.05, 0.1) is 35.3 Å². The fourth-order valence-corrected chi connectivity index (χ4v) is 7.92. The van der Waals surface area contributed by atoms with Gasteiger partial charge in [-0.1, -0.05) is 84.4 Å². The number of fused-ring (bicyclic) bond motifs is 4. The normalized spacial score (nSPS) is 22.9. The van der Waals surface area contributed by atoms with Crippen LogP contribution in [-0.4, -0.2) is 35.9 Å². The van der Waals surface area contributed by atoms with E-state index in [0.717, 1.165) is 21.2 Å². The number of nitrogens with one attached hydrogen (secondary N) is 1. The number of para-hydroxylation sites is 2. The maximum absolute atomic E-state index is 15.2. The Morgan fingerprint density at radius 1 is 0.833 bits per heavy atom. The summed E-state index contributed by atoms with van der Waals surface area (Å²) in [5.74, 6) is -4.82. The lowest BCUT2D eigenvalue weighted by Gasteiger charge is -2.49. The summed E-state index contributed by atoms with van der Waals surface area (Å²) in [6.45, 7) is 1.91. The average Bonchev–Trinajstić information content (AvgIpc) is 3.48. The number of imide groups is 1. The highest BCUT2D eigenvalue weighted by Crippen LogP contribution is 2.62. The van der Waals surface area contributed by atoms with Crippen molar-refractivity contribution in [3.63, 3.8) is 0 Å². The molecule has 1 saturated heterocycles. The Morgan fingerprint density at radius 2 is 1.52 bits per heavy atom. The summed E-state index contributed by atoms with van der Waals surface area (Å²) in [4.78, 5) is 57.6. The Balaban J connectivity index is 1.39. The highest BCUT2D eigenvalue weighted by atomic mass is 19.1. The van der Waals surface area contributed by atoms with Crippen LogP contribution in [0.15, 0.2) is 124 Å². The van der Waals surface area contributed by atoms with Gasteiger partial charge in [0.1, 0.15) is 0 Å². The van der Waals surface area contributed by atoms with Crippen LogP contribution in [-0.2, 0) is 21.5 Å². The molecule has 2 fully saturated rings. The first-order valence-electron chi connectivity index (χ1n) is 15.7. The molecule has 0 spiro atoms. The highest BCUT2D eigenvalue weighted by molar-refractivity contribution is 6.12. The Labute approximate surface area is 273 Å². The molecule has 4 atom stereocenters. The largest absolute Gasteiger partial charge is 0.505 e. The molecule has 4 aromatic carbocycles. The predicted molar refractivity (Wildman–Crippen MR) is 175 cm³/mol. The SMILES string of the molecule is Cc1ccc(NN2C(=O)C3CC4C(=CCn5c(=O)n(-c6ccccc6)c(=O)n54)C(c4cccc(F)c4O)C3(c3ccccc3)C2=O)cc1. The molecular formula is C37H30FN5O5. The van der Waals surface area contributed by atoms with E-state index in [1.807, 2.05) is 19.1 Å². The van der Waals surface area contributed by atoms with E-state index in [-0.39, 0.29) is 18.5 Å². The van der Waals surface area contributed by atoms with Crippen LogP contribution in [0.5, 0.6) is 5.75 Å². The van der Waals surface area contributed by atoms with Crippen LogP contribution >= 0.6 is 0 Å². The number of carbonyl (C=O) groups is 2. The van der Waals surface area contributed by atoms with E-state index < -0.39 is 58.1 Å². The molecule has 5 aromatic rings. The first-order chi connectivity index (χ1) is 23.2. The van der Waals surface area contributed by atoms with E-state index in [4.69, 9.17) is 0 Å². The number of nitrogens with zero attached hydrogens (tertiary/aromatic N) is 4. The van der Waals surface area contributed by atoms with Crippen LogP contribution < -0.4 is 16.8 Å². The number of halogens is 1. The van der Waals surface area contributed by atoms with Crippen molar-refractivity contribution in [1.29, 1.82) is 0 Å². The Kier molecular flexibility index (Phi) is 6.62. The summed E-state index contributed by atoms with van der Waals surface area (Å²) in [5.41, 5.74) is 3.24. The van der Waals surface area contributed by atoms with Crippen molar-refractivity contribution in [2.45, 2.75) is 37.3 Å². The molecule has 1 aliphatic carbocycles. The number of benzene rings is 4. The fraction of sp³-hybridized carbons (Fsp3) is 0.189. The van der Waals surface area contributed by atoms with Crippen LogP contribution in [0.2, 0.25) is 0 Å². The van der Waals surface area contributed by atoms with E-state index in [1.165, 1.54) is 15.4 Å². The van der Waals surface area contributed by atoms with E-state index in [1.54, 1.807) is 84.9 Å². The molecule has 2 N–H and O–H groups in total. The van der Waals surface area contributed by atoms with Crippen molar-refractivity contribution in [2.24, 2.45) is 5.92 Å². The van der Waals surface area contributed by atoms with Gasteiger partial charge in [-0.15, -0.1) is 0 Å². The number of hydrogen-bond acceptors (Lipinski definition) is 6. The van der Waals surface area contributed by atoms with Gasteiger partial charge in [-0.25, -0.2) is 27.9 Å². The topological polar surface area (TPSA) is 119 Å². The van der Waals surface area contributed by atoms with Crippen molar-refractivity contribution >= 4 is 17.5 Å². The first-order valence-corrected chi connectivity index (χ1v) is 15.7. The Hall–Kier alpha value is -5.97. The number of amides is 2. The molecule has 1 aromatic heterocycles. The molecule has 240 valence electrons. The zero-order valence-electron chi connectivity index (χ0n) is 25.8. The van der Waals surface area contributed by atoms with Crippen molar-refractivity contribution in [1.82, 2.24) is 18.9 Å². The first kappa shape index (κ1) is 29.4.